The zero-order chi connectivity index (χ0) is 40.2. The molecule has 19 nitrogen and oxygen atoms in total. The van der Waals surface area contributed by atoms with Crippen LogP contribution in [-0.2, 0) is 40.0 Å². The first kappa shape index (κ1) is 44.1. The SMILES string of the molecule is CC(C)[C@H](N)C(=O)N[C@@H](CO)C(=O)N[C@H](C(=O)NCC(=O)N[C@H](C(=O)N[C@@H](Cc1c[nH]c2ccccc12)C(=O)N[C@H](C(=O)O)C(C)C)[C@@H](C)O)[C@@H](C)O. The molecule has 6 amide bonds. The topological polar surface area (TPSA) is 314 Å². The monoisotopic (exact) mass is 748 g/mol. The van der Waals surface area contributed by atoms with Gasteiger partial charge in [-0.3, -0.25) is 28.8 Å². The van der Waals surface area contributed by atoms with Crippen molar-refractivity contribution in [2.45, 2.75) is 96.4 Å². The predicted molar refractivity (Wildman–Crippen MR) is 190 cm³/mol. The van der Waals surface area contributed by atoms with E-state index >= 15 is 0 Å². The molecule has 19 heteroatoms. The summed E-state index contributed by atoms with van der Waals surface area (Å²) < 4.78 is 0. The number of nitrogens with one attached hydrogen (secondary N) is 7. The molecule has 0 unspecified atom stereocenters. The summed E-state index contributed by atoms with van der Waals surface area (Å²) in [6.45, 7) is 7.24. The number of aliphatic hydroxyl groups is 3. The van der Waals surface area contributed by atoms with E-state index in [0.717, 1.165) is 10.9 Å². The smallest absolute Gasteiger partial charge is 0.326 e. The fourth-order valence-corrected chi connectivity index (χ4v) is 5.09. The number of aliphatic hydroxyl groups excluding tert-OH is 3. The summed E-state index contributed by atoms with van der Waals surface area (Å²) in [5.74, 6) is -7.69. The van der Waals surface area contributed by atoms with Crippen molar-refractivity contribution < 1.29 is 54.0 Å². The molecule has 1 aromatic heterocycles. The lowest BCUT2D eigenvalue weighted by molar-refractivity contribution is -0.143. The third-order valence-corrected chi connectivity index (χ3v) is 8.37. The zero-order valence-corrected chi connectivity index (χ0v) is 30.5. The van der Waals surface area contributed by atoms with Crippen molar-refractivity contribution in [2.75, 3.05) is 13.2 Å². The molecule has 0 spiro atoms. The average Bonchev–Trinajstić information content (AvgIpc) is 3.50. The van der Waals surface area contributed by atoms with Gasteiger partial charge in [0.2, 0.25) is 35.4 Å². The number of aliphatic carboxylic acids is 1. The highest BCUT2D eigenvalue weighted by molar-refractivity contribution is 5.97. The maximum absolute atomic E-state index is 13.5. The first-order chi connectivity index (χ1) is 24.8. The molecule has 53 heavy (non-hydrogen) atoms. The van der Waals surface area contributed by atoms with E-state index in [-0.39, 0.29) is 12.3 Å². The number of carbonyl (C=O) groups is 7. The number of nitrogens with two attached hydrogens (primary N) is 1. The molecular weight excluding hydrogens is 696 g/mol. The van der Waals surface area contributed by atoms with E-state index in [1.54, 1.807) is 58.2 Å². The van der Waals surface area contributed by atoms with Gasteiger partial charge in [-0.2, -0.15) is 0 Å². The lowest BCUT2D eigenvalue weighted by Gasteiger charge is -2.27. The minimum atomic E-state index is -1.66. The summed E-state index contributed by atoms with van der Waals surface area (Å²) in [5.41, 5.74) is 7.14. The molecule has 0 bridgehead atoms. The molecule has 0 aliphatic rings. The fraction of sp³-hybridized carbons (Fsp3) is 0.559. The van der Waals surface area contributed by atoms with Crippen molar-refractivity contribution >= 4 is 52.3 Å². The number of fused-ring (bicyclic) bond motifs is 1. The number of carboxylic acid groups (broad SMARTS) is 1. The van der Waals surface area contributed by atoms with Crippen molar-refractivity contribution in [3.63, 3.8) is 0 Å². The Morgan fingerprint density at radius 3 is 1.79 bits per heavy atom. The number of H-pyrrole nitrogens is 1. The van der Waals surface area contributed by atoms with Gasteiger partial charge in [0.05, 0.1) is 31.4 Å². The number of rotatable bonds is 20. The van der Waals surface area contributed by atoms with Crippen LogP contribution in [0.5, 0.6) is 0 Å². The summed E-state index contributed by atoms with van der Waals surface area (Å²) in [5, 5.41) is 54.5. The Bertz CT molecular complexity index is 1610. The van der Waals surface area contributed by atoms with E-state index < -0.39 is 109 Å². The van der Waals surface area contributed by atoms with Gasteiger partial charge in [0.15, 0.2) is 0 Å². The highest BCUT2D eigenvalue weighted by atomic mass is 16.4. The van der Waals surface area contributed by atoms with Gasteiger partial charge < -0.3 is 63.0 Å². The Balaban J connectivity index is 2.16. The van der Waals surface area contributed by atoms with Crippen LogP contribution in [0, 0.1) is 11.8 Å². The Morgan fingerprint density at radius 2 is 1.25 bits per heavy atom. The second kappa shape index (κ2) is 20.2. The van der Waals surface area contributed by atoms with Crippen molar-refractivity contribution in [1.29, 1.82) is 0 Å². The first-order valence-electron chi connectivity index (χ1n) is 17.1. The van der Waals surface area contributed by atoms with Gasteiger partial charge in [0.25, 0.3) is 0 Å². The molecule has 13 N–H and O–H groups in total. The number of aromatic amines is 1. The number of amides is 6. The lowest BCUT2D eigenvalue weighted by atomic mass is 10.0. The quantitative estimate of drug-likeness (QED) is 0.0635. The third-order valence-electron chi connectivity index (χ3n) is 8.37. The van der Waals surface area contributed by atoms with Gasteiger partial charge >= 0.3 is 5.97 Å². The molecule has 2 aromatic rings. The number of hydrogen-bond donors (Lipinski definition) is 12. The van der Waals surface area contributed by atoms with Gasteiger partial charge in [-0.1, -0.05) is 45.9 Å². The van der Waals surface area contributed by atoms with E-state index in [4.69, 9.17) is 5.73 Å². The van der Waals surface area contributed by atoms with Crippen LogP contribution >= 0.6 is 0 Å². The summed E-state index contributed by atoms with van der Waals surface area (Å²) >= 11 is 0. The van der Waals surface area contributed by atoms with Gasteiger partial charge in [0.1, 0.15) is 30.2 Å². The Morgan fingerprint density at radius 1 is 0.698 bits per heavy atom. The van der Waals surface area contributed by atoms with E-state index in [1.807, 2.05) is 0 Å². The Kier molecular flexibility index (Phi) is 16.8. The molecule has 8 atom stereocenters. The van der Waals surface area contributed by atoms with Crippen molar-refractivity contribution in [3.8, 4) is 0 Å². The van der Waals surface area contributed by atoms with E-state index in [0.29, 0.717) is 5.56 Å². The predicted octanol–water partition coefficient (Wildman–Crippen LogP) is -3.27. The normalized spacial score (nSPS) is 15.9. The number of carbonyl (C=O) groups excluding carboxylic acids is 6. The van der Waals surface area contributed by atoms with E-state index in [9.17, 15) is 54.0 Å². The number of para-hydroxylation sites is 1. The fourth-order valence-electron chi connectivity index (χ4n) is 5.09. The standard InChI is InChI=1S/C34H52N8O11/c1-15(2)25(35)31(49)39-23(14-43)30(48)42-27(17(5)44)32(50)37-13-24(46)40-28(18(6)45)33(51)38-22(29(47)41-26(16(3)4)34(52)53)11-19-12-36-21-10-8-7-9-20(19)21/h7-10,12,15-18,22-23,25-28,36,43-45H,11,13-14,35H2,1-6H3,(H,37,50)(H,38,51)(H,39,49)(H,40,46)(H,41,47)(H,42,48)(H,52,53)/t17-,18-,22+,23+,25+,26+,27+,28+/m1/s1. The molecule has 0 fully saturated rings. The van der Waals surface area contributed by atoms with Crippen molar-refractivity contribution in [2.24, 2.45) is 17.6 Å². The maximum Gasteiger partial charge on any atom is 0.326 e. The van der Waals surface area contributed by atoms with E-state index in [1.165, 1.54) is 13.8 Å². The number of benzene rings is 1. The first-order valence-corrected chi connectivity index (χ1v) is 17.1. The second-order valence-electron chi connectivity index (χ2n) is 13.4. The molecule has 2 rings (SSSR count). The van der Waals surface area contributed by atoms with Crippen LogP contribution in [0.15, 0.2) is 30.5 Å². The molecule has 0 aliphatic heterocycles. The summed E-state index contributed by atoms with van der Waals surface area (Å²) in [6, 6.07) is -1.29. The molecule has 0 saturated heterocycles. The van der Waals surface area contributed by atoms with Crippen LogP contribution in [0.1, 0.15) is 47.1 Å². The highest BCUT2D eigenvalue weighted by Crippen LogP contribution is 2.19. The molecular formula is C34H52N8O11. The second-order valence-corrected chi connectivity index (χ2v) is 13.4. The Hall–Kier alpha value is -5.11. The maximum atomic E-state index is 13.5. The highest BCUT2D eigenvalue weighted by Gasteiger charge is 2.34. The molecule has 294 valence electrons. The Labute approximate surface area is 306 Å². The van der Waals surface area contributed by atoms with Crippen LogP contribution in [0.25, 0.3) is 10.9 Å². The van der Waals surface area contributed by atoms with Crippen LogP contribution in [0.4, 0.5) is 0 Å². The minimum absolute atomic E-state index is 0.0969. The van der Waals surface area contributed by atoms with Crippen LogP contribution in [0.2, 0.25) is 0 Å². The van der Waals surface area contributed by atoms with E-state index in [2.05, 4.69) is 36.9 Å². The number of aromatic nitrogens is 1. The molecule has 1 heterocycles. The van der Waals surface area contributed by atoms with Gasteiger partial charge in [-0.25, -0.2) is 4.79 Å². The van der Waals surface area contributed by atoms with Gasteiger partial charge in [-0.15, -0.1) is 0 Å². The van der Waals surface area contributed by atoms with Gasteiger partial charge in [-0.05, 0) is 37.3 Å². The third kappa shape index (κ3) is 12.8. The molecule has 0 saturated carbocycles. The largest absolute Gasteiger partial charge is 0.480 e. The van der Waals surface area contributed by atoms with Crippen LogP contribution in [0.3, 0.4) is 0 Å². The summed E-state index contributed by atoms with van der Waals surface area (Å²) in [7, 11) is 0. The number of hydrogen-bond acceptors (Lipinski definition) is 11. The van der Waals surface area contributed by atoms with Crippen LogP contribution in [-0.4, -0.2) is 128 Å². The van der Waals surface area contributed by atoms with Gasteiger partial charge in [0, 0.05) is 23.5 Å². The van der Waals surface area contributed by atoms with Crippen LogP contribution < -0.4 is 37.6 Å². The van der Waals surface area contributed by atoms with Crippen molar-refractivity contribution in [3.05, 3.63) is 36.0 Å². The zero-order valence-electron chi connectivity index (χ0n) is 30.5. The molecule has 0 radical (unpaired) electrons. The summed E-state index contributed by atoms with van der Waals surface area (Å²) in [6.07, 6.45) is -1.49. The summed E-state index contributed by atoms with van der Waals surface area (Å²) in [4.78, 5) is 92.6. The minimum Gasteiger partial charge on any atom is -0.480 e. The molecule has 0 aliphatic carbocycles. The average molecular weight is 749 g/mol. The molecule has 1 aromatic carbocycles. The lowest BCUT2D eigenvalue weighted by Crippen LogP contribution is -2.61. The van der Waals surface area contributed by atoms with Crippen molar-refractivity contribution in [1.82, 2.24) is 36.9 Å². The number of carboxylic acids is 1.